The van der Waals surface area contributed by atoms with E-state index in [2.05, 4.69) is 20.3 Å². The topological polar surface area (TPSA) is 59.9 Å². The fourth-order valence-corrected chi connectivity index (χ4v) is 3.03. The smallest absolute Gasteiger partial charge is 0.222 e. The molecule has 0 aliphatic heterocycles. The second-order valence-electron chi connectivity index (χ2n) is 6.99. The summed E-state index contributed by atoms with van der Waals surface area (Å²) in [4.78, 5) is 12.3. The number of alkyl halides is 1. The number of rotatable bonds is 5. The largest absolute Gasteiger partial charge is 0.502 e. The summed E-state index contributed by atoms with van der Waals surface area (Å²) in [5.41, 5.74) is -0.550. The maximum atomic E-state index is 14.4. The van der Waals surface area contributed by atoms with E-state index in [1.165, 1.54) is 0 Å². The van der Waals surface area contributed by atoms with Gasteiger partial charge >= 0.3 is 0 Å². The van der Waals surface area contributed by atoms with Crippen LogP contribution in [0.15, 0.2) is 42.9 Å². The van der Waals surface area contributed by atoms with Crippen LogP contribution in [0, 0.1) is 0 Å². The summed E-state index contributed by atoms with van der Waals surface area (Å²) in [5.74, 6) is 1.31. The van der Waals surface area contributed by atoms with E-state index in [0.717, 1.165) is 10.8 Å². The molecule has 3 aromatic rings. The van der Waals surface area contributed by atoms with Gasteiger partial charge in [-0.05, 0) is 54.1 Å². The van der Waals surface area contributed by atoms with Crippen molar-refractivity contribution < 1.29 is 9.13 Å². The van der Waals surface area contributed by atoms with Crippen molar-refractivity contribution in [2.75, 3.05) is 5.32 Å². The molecule has 0 radical (unpaired) electrons. The van der Waals surface area contributed by atoms with Crippen LogP contribution in [0.4, 0.5) is 15.9 Å². The van der Waals surface area contributed by atoms with Gasteiger partial charge in [-0.15, -0.1) is 0 Å². The maximum Gasteiger partial charge on any atom is 0.222 e. The fraction of sp³-hybridized carbons (Fsp3) is 0.235. The molecule has 2 aromatic heterocycles. The number of aromatic nitrogens is 3. The van der Waals surface area contributed by atoms with Gasteiger partial charge < -0.3 is 10.1 Å². The van der Waals surface area contributed by atoms with Crippen LogP contribution >= 0.6 is 11.6 Å². The zero-order chi connectivity index (χ0) is 18.4. The van der Waals surface area contributed by atoms with Crippen molar-refractivity contribution in [3.63, 3.8) is 0 Å². The standard InChI is InChI=1S/C17H16B2ClFN4O/c18-17(19,16(21)4-5-16)26-12-1-2-13-10(7-12)3-6-22-14(13)25-11-8-23-15(20)24-9-11/h1-3,6-9H,4-5,18-19H2,(H,22,25). The number of ether oxygens (including phenoxy) is 1. The number of hydrogen-bond donors (Lipinski definition) is 1. The Bertz CT molecular complexity index is 967. The first-order valence-corrected chi connectivity index (χ1v) is 8.75. The molecule has 0 unspecified atom stereocenters. The molecule has 9 heteroatoms. The number of anilines is 2. The summed E-state index contributed by atoms with van der Waals surface area (Å²) in [6, 6.07) is 7.53. The number of pyridine rings is 1. The van der Waals surface area contributed by atoms with E-state index in [1.807, 2.05) is 24.3 Å². The van der Waals surface area contributed by atoms with Gasteiger partial charge in [0.15, 0.2) is 15.7 Å². The highest BCUT2D eigenvalue weighted by Gasteiger charge is 2.56. The monoisotopic (exact) mass is 368 g/mol. The molecular weight excluding hydrogens is 352 g/mol. The summed E-state index contributed by atoms with van der Waals surface area (Å²) in [5, 5.41) is 4.37. The van der Waals surface area contributed by atoms with Crippen molar-refractivity contribution in [1.82, 2.24) is 15.0 Å². The van der Waals surface area contributed by atoms with Crippen LogP contribution in [0.1, 0.15) is 12.8 Å². The van der Waals surface area contributed by atoms with E-state index in [0.29, 0.717) is 30.1 Å². The highest BCUT2D eigenvalue weighted by molar-refractivity contribution is 6.40. The van der Waals surface area contributed by atoms with Gasteiger partial charge in [0.2, 0.25) is 5.28 Å². The maximum absolute atomic E-state index is 14.4. The molecule has 1 aliphatic carbocycles. The minimum Gasteiger partial charge on any atom is -0.502 e. The van der Waals surface area contributed by atoms with Gasteiger partial charge in [0.25, 0.3) is 0 Å². The molecule has 1 fully saturated rings. The first-order chi connectivity index (χ1) is 12.4. The SMILES string of the molecule is BC(B)(Oc1ccc2c(Nc3cnc(Cl)nc3)nccc2c1)C1(F)CC1. The molecule has 1 aliphatic rings. The summed E-state index contributed by atoms with van der Waals surface area (Å²) in [6.45, 7) is 0. The van der Waals surface area contributed by atoms with Gasteiger partial charge in [-0.25, -0.2) is 19.3 Å². The van der Waals surface area contributed by atoms with Gasteiger partial charge in [-0.1, -0.05) is 0 Å². The number of halogens is 2. The lowest BCUT2D eigenvalue weighted by Crippen LogP contribution is -2.48. The van der Waals surface area contributed by atoms with Crippen molar-refractivity contribution >= 4 is 49.6 Å². The number of hydrogen-bond acceptors (Lipinski definition) is 5. The van der Waals surface area contributed by atoms with Crippen LogP contribution in [0.3, 0.4) is 0 Å². The normalized spacial score (nSPS) is 15.6. The highest BCUT2D eigenvalue weighted by atomic mass is 35.5. The van der Waals surface area contributed by atoms with E-state index < -0.39 is 11.1 Å². The van der Waals surface area contributed by atoms with Crippen LogP contribution in [0.25, 0.3) is 10.8 Å². The average molecular weight is 368 g/mol. The lowest BCUT2D eigenvalue weighted by molar-refractivity contribution is 0.110. The Morgan fingerprint density at radius 1 is 1.15 bits per heavy atom. The number of benzene rings is 1. The Morgan fingerprint density at radius 3 is 2.58 bits per heavy atom. The van der Waals surface area contributed by atoms with Crippen molar-refractivity contribution in [1.29, 1.82) is 0 Å². The molecule has 5 nitrogen and oxygen atoms in total. The zero-order valence-corrected chi connectivity index (χ0v) is 15.2. The van der Waals surface area contributed by atoms with E-state index in [-0.39, 0.29) is 5.28 Å². The predicted octanol–water partition coefficient (Wildman–Crippen LogP) is 2.22. The summed E-state index contributed by atoms with van der Waals surface area (Å²) < 4.78 is 20.4. The van der Waals surface area contributed by atoms with Gasteiger partial charge in [0.1, 0.15) is 17.2 Å². The predicted molar refractivity (Wildman–Crippen MR) is 106 cm³/mol. The minimum atomic E-state index is -1.23. The lowest BCUT2D eigenvalue weighted by atomic mass is 9.60. The van der Waals surface area contributed by atoms with Gasteiger partial charge in [0, 0.05) is 11.6 Å². The second kappa shape index (κ2) is 6.13. The molecule has 0 amide bonds. The fourth-order valence-electron chi connectivity index (χ4n) is 2.93. The number of fused-ring (bicyclic) bond motifs is 1. The Kier molecular flexibility index (Phi) is 4.03. The molecule has 0 atom stereocenters. The molecule has 0 bridgehead atoms. The van der Waals surface area contributed by atoms with Crippen molar-refractivity contribution in [3.05, 3.63) is 48.1 Å². The van der Waals surface area contributed by atoms with Crippen molar-refractivity contribution in [3.8, 4) is 5.75 Å². The quantitative estimate of drug-likeness (QED) is 0.553. The summed E-state index contributed by atoms with van der Waals surface area (Å²) in [6.07, 6.45) is 5.98. The third kappa shape index (κ3) is 3.21. The van der Waals surface area contributed by atoms with Crippen LogP contribution in [-0.2, 0) is 0 Å². The van der Waals surface area contributed by atoms with E-state index in [1.54, 1.807) is 34.3 Å². The Hall–Kier alpha value is -2.34. The molecular formula is C17H16B2ClFN4O. The molecule has 1 saturated carbocycles. The van der Waals surface area contributed by atoms with Crippen LogP contribution in [0.2, 0.25) is 5.28 Å². The first kappa shape index (κ1) is 17.1. The van der Waals surface area contributed by atoms with Crippen LogP contribution < -0.4 is 10.1 Å². The van der Waals surface area contributed by atoms with E-state index in [4.69, 9.17) is 16.3 Å². The highest BCUT2D eigenvalue weighted by Crippen LogP contribution is 2.48. The first-order valence-electron chi connectivity index (χ1n) is 8.38. The lowest BCUT2D eigenvalue weighted by Gasteiger charge is -2.31. The third-order valence-corrected chi connectivity index (χ3v) is 4.96. The molecule has 130 valence electrons. The van der Waals surface area contributed by atoms with Gasteiger partial charge in [-0.2, -0.15) is 0 Å². The Labute approximate surface area is 157 Å². The molecule has 1 aromatic carbocycles. The molecule has 2 heterocycles. The van der Waals surface area contributed by atoms with Crippen molar-refractivity contribution in [2.45, 2.75) is 23.9 Å². The van der Waals surface area contributed by atoms with Gasteiger partial charge in [-0.3, -0.25) is 0 Å². The molecule has 26 heavy (non-hydrogen) atoms. The molecule has 0 saturated heterocycles. The molecule has 4 rings (SSSR count). The minimum absolute atomic E-state index is 0.187. The molecule has 0 spiro atoms. The average Bonchev–Trinajstić information content (AvgIpc) is 3.36. The third-order valence-electron chi connectivity index (χ3n) is 4.76. The van der Waals surface area contributed by atoms with E-state index in [9.17, 15) is 4.39 Å². The van der Waals surface area contributed by atoms with E-state index >= 15 is 0 Å². The van der Waals surface area contributed by atoms with Crippen LogP contribution in [0.5, 0.6) is 5.75 Å². The number of nitrogens with one attached hydrogen (secondary N) is 1. The Balaban J connectivity index is 1.62. The second-order valence-corrected chi connectivity index (χ2v) is 7.32. The zero-order valence-electron chi connectivity index (χ0n) is 14.5. The molecule has 1 N–H and O–H groups in total. The van der Waals surface area contributed by atoms with Crippen molar-refractivity contribution in [2.24, 2.45) is 0 Å². The Morgan fingerprint density at radius 2 is 1.88 bits per heavy atom. The van der Waals surface area contributed by atoms with Gasteiger partial charge in [0.05, 0.1) is 23.5 Å². The van der Waals surface area contributed by atoms with Crippen LogP contribution in [-0.4, -0.2) is 41.7 Å². The summed E-state index contributed by atoms with van der Waals surface area (Å²) >= 11 is 5.71. The summed E-state index contributed by atoms with van der Waals surface area (Å²) in [7, 11) is 3.59. The number of nitrogens with zero attached hydrogens (tertiary/aromatic N) is 3.